The van der Waals surface area contributed by atoms with E-state index in [4.69, 9.17) is 0 Å². The molecule has 15 heavy (non-hydrogen) atoms. The van der Waals surface area contributed by atoms with Gasteiger partial charge in [0, 0.05) is 17.8 Å². The smallest absolute Gasteiger partial charge is 0.223 e. The Balaban J connectivity index is 1.70. The highest BCUT2D eigenvalue weighted by molar-refractivity contribution is 9.09. The summed E-state index contributed by atoms with van der Waals surface area (Å²) < 4.78 is 0. The van der Waals surface area contributed by atoms with Crippen molar-refractivity contribution in [1.82, 2.24) is 5.32 Å². The second-order valence-electron chi connectivity index (χ2n) is 5.14. The minimum Gasteiger partial charge on any atom is -0.355 e. The lowest BCUT2D eigenvalue weighted by Crippen LogP contribution is -2.34. The van der Waals surface area contributed by atoms with Crippen LogP contribution in [0, 0.1) is 11.3 Å². The van der Waals surface area contributed by atoms with Gasteiger partial charge in [-0.3, -0.25) is 4.79 Å². The van der Waals surface area contributed by atoms with E-state index >= 15 is 0 Å². The Morgan fingerprint density at radius 3 is 2.53 bits per heavy atom. The standard InChI is InChI=1S/C12H20BrNO/c13-8-7-12(5-6-12)9-14-11(15)10-3-1-2-4-10/h10H,1-9H2,(H,14,15). The first-order valence-corrected chi connectivity index (χ1v) is 7.22. The number of nitrogens with one attached hydrogen (secondary N) is 1. The van der Waals surface area contributed by atoms with E-state index in [2.05, 4.69) is 21.2 Å². The van der Waals surface area contributed by atoms with Gasteiger partial charge in [0.1, 0.15) is 0 Å². The third kappa shape index (κ3) is 2.96. The molecule has 0 bridgehead atoms. The van der Waals surface area contributed by atoms with Crippen LogP contribution in [0.25, 0.3) is 0 Å². The zero-order chi connectivity index (χ0) is 10.7. The maximum Gasteiger partial charge on any atom is 0.223 e. The van der Waals surface area contributed by atoms with Gasteiger partial charge in [-0.2, -0.15) is 0 Å². The summed E-state index contributed by atoms with van der Waals surface area (Å²) in [5, 5.41) is 4.21. The summed E-state index contributed by atoms with van der Waals surface area (Å²) in [6, 6.07) is 0. The molecule has 2 saturated carbocycles. The maximum absolute atomic E-state index is 11.8. The Labute approximate surface area is 100 Å². The van der Waals surface area contributed by atoms with Gasteiger partial charge in [-0.05, 0) is 37.5 Å². The van der Waals surface area contributed by atoms with Crippen LogP contribution in [0.3, 0.4) is 0 Å². The molecule has 0 atom stereocenters. The third-order valence-corrected chi connectivity index (χ3v) is 4.34. The Kier molecular flexibility index (Phi) is 3.70. The third-order valence-electron chi connectivity index (χ3n) is 3.95. The molecule has 0 heterocycles. The largest absolute Gasteiger partial charge is 0.355 e. The Morgan fingerprint density at radius 2 is 2.00 bits per heavy atom. The lowest BCUT2D eigenvalue weighted by Gasteiger charge is -2.16. The fourth-order valence-electron chi connectivity index (χ4n) is 2.50. The van der Waals surface area contributed by atoms with Crippen molar-refractivity contribution < 1.29 is 4.79 Å². The van der Waals surface area contributed by atoms with Gasteiger partial charge in [0.05, 0.1) is 0 Å². The highest BCUT2D eigenvalue weighted by Crippen LogP contribution is 2.48. The molecule has 2 aliphatic carbocycles. The monoisotopic (exact) mass is 273 g/mol. The molecular weight excluding hydrogens is 254 g/mol. The topological polar surface area (TPSA) is 29.1 Å². The summed E-state index contributed by atoms with van der Waals surface area (Å²) in [6.07, 6.45) is 8.49. The molecule has 0 unspecified atom stereocenters. The molecule has 0 aromatic rings. The van der Waals surface area contributed by atoms with Crippen LogP contribution >= 0.6 is 15.9 Å². The molecule has 1 N–H and O–H groups in total. The Morgan fingerprint density at radius 1 is 1.33 bits per heavy atom. The number of halogens is 1. The molecule has 86 valence electrons. The van der Waals surface area contributed by atoms with E-state index in [1.54, 1.807) is 0 Å². The summed E-state index contributed by atoms with van der Waals surface area (Å²) in [4.78, 5) is 11.8. The summed E-state index contributed by atoms with van der Waals surface area (Å²) >= 11 is 3.49. The number of hydrogen-bond donors (Lipinski definition) is 1. The van der Waals surface area contributed by atoms with Crippen LogP contribution in [0.5, 0.6) is 0 Å². The van der Waals surface area contributed by atoms with Gasteiger partial charge in [0.2, 0.25) is 5.91 Å². The molecular formula is C12H20BrNO. The number of carbonyl (C=O) groups is 1. The second kappa shape index (κ2) is 4.86. The molecule has 0 aromatic carbocycles. The summed E-state index contributed by atoms with van der Waals surface area (Å²) in [5.41, 5.74) is 0.456. The van der Waals surface area contributed by atoms with Gasteiger partial charge < -0.3 is 5.32 Å². The number of alkyl halides is 1. The van der Waals surface area contributed by atoms with E-state index in [-0.39, 0.29) is 0 Å². The average Bonchev–Trinajstić information content (AvgIpc) is 2.81. The molecule has 0 spiro atoms. The SMILES string of the molecule is O=C(NCC1(CCBr)CC1)C1CCCC1. The zero-order valence-corrected chi connectivity index (χ0v) is 10.8. The fraction of sp³-hybridized carbons (Fsp3) is 0.917. The highest BCUT2D eigenvalue weighted by atomic mass is 79.9. The van der Waals surface area contributed by atoms with Gasteiger partial charge in [0.15, 0.2) is 0 Å². The molecule has 0 aromatic heterocycles. The number of hydrogen-bond acceptors (Lipinski definition) is 1. The number of amides is 1. The first-order valence-electron chi connectivity index (χ1n) is 6.09. The van der Waals surface area contributed by atoms with Crippen molar-refractivity contribution in [2.45, 2.75) is 44.9 Å². The van der Waals surface area contributed by atoms with Crippen LogP contribution in [0.2, 0.25) is 0 Å². The van der Waals surface area contributed by atoms with Crippen molar-refractivity contribution in [3.63, 3.8) is 0 Å². The normalized spacial score (nSPS) is 24.1. The summed E-state index contributed by atoms with van der Waals surface area (Å²) in [5.74, 6) is 0.637. The molecule has 1 amide bonds. The van der Waals surface area contributed by atoms with Crippen LogP contribution in [0.4, 0.5) is 0 Å². The summed E-state index contributed by atoms with van der Waals surface area (Å²) in [6.45, 7) is 0.911. The maximum atomic E-state index is 11.8. The van der Waals surface area contributed by atoms with Crippen LogP contribution in [-0.2, 0) is 4.79 Å². The zero-order valence-electron chi connectivity index (χ0n) is 9.23. The Hall–Kier alpha value is -0.0500. The molecule has 0 aliphatic heterocycles. The van der Waals surface area contributed by atoms with Gasteiger partial charge in [-0.1, -0.05) is 28.8 Å². The average molecular weight is 274 g/mol. The Bertz CT molecular complexity index is 232. The lowest BCUT2D eigenvalue weighted by molar-refractivity contribution is -0.125. The molecule has 0 saturated heterocycles. The van der Waals surface area contributed by atoms with Crippen molar-refractivity contribution in [3.05, 3.63) is 0 Å². The van der Waals surface area contributed by atoms with E-state index in [9.17, 15) is 4.79 Å². The van der Waals surface area contributed by atoms with Crippen molar-refractivity contribution in [1.29, 1.82) is 0 Å². The van der Waals surface area contributed by atoms with E-state index < -0.39 is 0 Å². The predicted molar refractivity (Wildman–Crippen MR) is 65.0 cm³/mol. The first kappa shape index (κ1) is 11.4. The second-order valence-corrected chi connectivity index (χ2v) is 5.93. The highest BCUT2D eigenvalue weighted by Gasteiger charge is 2.42. The quantitative estimate of drug-likeness (QED) is 0.767. The number of rotatable bonds is 5. The van der Waals surface area contributed by atoms with Crippen LogP contribution < -0.4 is 5.32 Å². The van der Waals surface area contributed by atoms with Crippen molar-refractivity contribution in [3.8, 4) is 0 Å². The number of carbonyl (C=O) groups excluding carboxylic acids is 1. The van der Waals surface area contributed by atoms with Gasteiger partial charge in [0.25, 0.3) is 0 Å². The molecule has 2 rings (SSSR count). The molecule has 2 aliphatic rings. The van der Waals surface area contributed by atoms with Crippen LogP contribution in [-0.4, -0.2) is 17.8 Å². The van der Waals surface area contributed by atoms with Gasteiger partial charge >= 0.3 is 0 Å². The van der Waals surface area contributed by atoms with E-state index in [0.717, 1.165) is 24.7 Å². The summed E-state index contributed by atoms with van der Waals surface area (Å²) in [7, 11) is 0. The first-order chi connectivity index (χ1) is 7.26. The van der Waals surface area contributed by atoms with E-state index in [1.807, 2.05) is 0 Å². The van der Waals surface area contributed by atoms with Crippen molar-refractivity contribution in [2.24, 2.45) is 11.3 Å². The fourth-order valence-corrected chi connectivity index (χ4v) is 3.34. The van der Waals surface area contributed by atoms with Crippen LogP contribution in [0.15, 0.2) is 0 Å². The molecule has 3 heteroatoms. The minimum atomic E-state index is 0.313. The molecule has 2 fully saturated rings. The molecule has 2 nitrogen and oxygen atoms in total. The molecule has 0 radical (unpaired) electrons. The van der Waals surface area contributed by atoms with Crippen molar-refractivity contribution in [2.75, 3.05) is 11.9 Å². The van der Waals surface area contributed by atoms with Gasteiger partial charge in [-0.25, -0.2) is 0 Å². The van der Waals surface area contributed by atoms with E-state index in [0.29, 0.717) is 17.2 Å². The van der Waals surface area contributed by atoms with Crippen molar-refractivity contribution >= 4 is 21.8 Å². The van der Waals surface area contributed by atoms with Crippen LogP contribution in [0.1, 0.15) is 44.9 Å². The predicted octanol–water partition coefficient (Wildman–Crippen LogP) is 2.86. The lowest BCUT2D eigenvalue weighted by atomic mass is 10.0. The minimum absolute atomic E-state index is 0.313. The van der Waals surface area contributed by atoms with Gasteiger partial charge in [-0.15, -0.1) is 0 Å². The van der Waals surface area contributed by atoms with E-state index in [1.165, 1.54) is 32.1 Å².